The first kappa shape index (κ1) is 18.3. The molecule has 1 aromatic carbocycles. The van der Waals surface area contributed by atoms with E-state index in [2.05, 4.69) is 15.2 Å². The number of piperidine rings is 1. The molecule has 2 aromatic rings. The lowest BCUT2D eigenvalue weighted by Crippen LogP contribution is -2.44. The highest BCUT2D eigenvalue weighted by molar-refractivity contribution is 5.73. The lowest BCUT2D eigenvalue weighted by atomic mass is 10.0. The first-order valence-electron chi connectivity index (χ1n) is 8.86. The average Bonchev–Trinajstić information content (AvgIpc) is 2.63. The van der Waals surface area contributed by atoms with E-state index < -0.39 is 0 Å². The van der Waals surface area contributed by atoms with Crippen LogP contribution in [0.4, 0.5) is 10.1 Å². The predicted molar refractivity (Wildman–Crippen MR) is 99.3 cm³/mol. The minimum Gasteiger partial charge on any atom is -0.390 e. The number of halogens is 1. The van der Waals surface area contributed by atoms with Gasteiger partial charge in [0.1, 0.15) is 5.82 Å². The minimum atomic E-state index is -0.267. The Kier molecular flexibility index (Phi) is 5.52. The second-order valence-corrected chi connectivity index (χ2v) is 6.79. The molecule has 2 heterocycles. The Hall–Kier alpha value is -2.47. The van der Waals surface area contributed by atoms with Crippen molar-refractivity contribution in [1.29, 1.82) is 0 Å². The fourth-order valence-electron chi connectivity index (χ4n) is 3.30. The Morgan fingerprint density at radius 3 is 2.65 bits per heavy atom. The van der Waals surface area contributed by atoms with Gasteiger partial charge in [0.2, 0.25) is 5.91 Å². The van der Waals surface area contributed by atoms with Crippen LogP contribution in [0.2, 0.25) is 0 Å². The molecule has 26 heavy (non-hydrogen) atoms. The van der Waals surface area contributed by atoms with Crippen LogP contribution in [-0.4, -0.2) is 35.1 Å². The number of benzene rings is 1. The van der Waals surface area contributed by atoms with Crippen LogP contribution in [0, 0.1) is 12.7 Å². The monoisotopic (exact) mass is 357 g/mol. The maximum absolute atomic E-state index is 13.9. The van der Waals surface area contributed by atoms with Crippen LogP contribution >= 0.6 is 0 Å². The zero-order valence-corrected chi connectivity index (χ0v) is 15.1. The zero-order valence-electron chi connectivity index (χ0n) is 15.1. The molecule has 0 saturated carbocycles. The molecule has 0 atom stereocenters. The van der Waals surface area contributed by atoms with Gasteiger partial charge in [-0.1, -0.05) is 12.1 Å². The van der Waals surface area contributed by atoms with Gasteiger partial charge in [-0.05, 0) is 43.5 Å². The molecule has 1 fully saturated rings. The van der Waals surface area contributed by atoms with E-state index in [1.807, 2.05) is 18.2 Å². The molecular weight excluding hydrogens is 333 g/mol. The number of aliphatic hydroxyl groups excluding tert-OH is 1. The molecule has 1 amide bonds. The van der Waals surface area contributed by atoms with Crippen LogP contribution in [0.1, 0.15) is 31.0 Å². The largest absolute Gasteiger partial charge is 0.390 e. The number of amides is 1. The van der Waals surface area contributed by atoms with Crippen LogP contribution < -0.4 is 10.2 Å². The van der Waals surface area contributed by atoms with Crippen molar-refractivity contribution in [1.82, 2.24) is 10.3 Å². The van der Waals surface area contributed by atoms with Crippen LogP contribution in [0.25, 0.3) is 11.3 Å². The zero-order chi connectivity index (χ0) is 18.7. The second-order valence-electron chi connectivity index (χ2n) is 6.79. The van der Waals surface area contributed by atoms with E-state index in [1.54, 1.807) is 13.0 Å². The van der Waals surface area contributed by atoms with Crippen molar-refractivity contribution in [2.24, 2.45) is 0 Å². The summed E-state index contributed by atoms with van der Waals surface area (Å²) >= 11 is 0. The lowest BCUT2D eigenvalue weighted by molar-refractivity contribution is -0.119. The number of hydrogen-bond donors (Lipinski definition) is 2. The number of nitrogens with zero attached hydrogens (tertiary/aromatic N) is 2. The molecule has 6 heteroatoms. The Morgan fingerprint density at radius 1 is 1.31 bits per heavy atom. The summed E-state index contributed by atoms with van der Waals surface area (Å²) < 4.78 is 13.9. The molecular formula is C20H24FN3O2. The molecule has 0 bridgehead atoms. The second kappa shape index (κ2) is 7.83. The van der Waals surface area contributed by atoms with Crippen molar-refractivity contribution >= 4 is 11.6 Å². The van der Waals surface area contributed by atoms with E-state index in [0.717, 1.165) is 31.6 Å². The van der Waals surface area contributed by atoms with Crippen molar-refractivity contribution in [3.63, 3.8) is 0 Å². The number of aliphatic hydroxyl groups is 1. The lowest BCUT2D eigenvalue weighted by Gasteiger charge is -2.34. The maximum Gasteiger partial charge on any atom is 0.217 e. The van der Waals surface area contributed by atoms with Gasteiger partial charge in [0.05, 0.1) is 18.0 Å². The number of nitrogens with one attached hydrogen (secondary N) is 1. The Morgan fingerprint density at radius 2 is 2.04 bits per heavy atom. The molecule has 0 spiro atoms. The topological polar surface area (TPSA) is 65.5 Å². The number of hydrogen-bond acceptors (Lipinski definition) is 4. The van der Waals surface area contributed by atoms with Gasteiger partial charge in [0.25, 0.3) is 0 Å². The van der Waals surface area contributed by atoms with Crippen LogP contribution in [0.3, 0.4) is 0 Å². The van der Waals surface area contributed by atoms with Crippen LogP contribution in [-0.2, 0) is 11.4 Å². The molecule has 3 rings (SSSR count). The van der Waals surface area contributed by atoms with E-state index in [4.69, 9.17) is 0 Å². The van der Waals surface area contributed by atoms with Gasteiger partial charge >= 0.3 is 0 Å². The van der Waals surface area contributed by atoms with E-state index in [9.17, 15) is 14.3 Å². The van der Waals surface area contributed by atoms with Gasteiger partial charge in [0, 0.05) is 37.3 Å². The molecule has 1 aromatic heterocycles. The number of carbonyl (C=O) groups excluding carboxylic acids is 1. The van der Waals surface area contributed by atoms with Gasteiger partial charge in [-0.25, -0.2) is 4.39 Å². The molecule has 2 N–H and O–H groups in total. The normalized spacial score (nSPS) is 15.2. The van der Waals surface area contributed by atoms with Gasteiger partial charge in [-0.3, -0.25) is 9.78 Å². The third kappa shape index (κ3) is 4.19. The van der Waals surface area contributed by atoms with Crippen molar-refractivity contribution < 1.29 is 14.3 Å². The number of anilines is 1. The molecule has 1 saturated heterocycles. The fourth-order valence-corrected chi connectivity index (χ4v) is 3.30. The number of aryl methyl sites for hydroxylation is 1. The number of aromatic nitrogens is 1. The van der Waals surface area contributed by atoms with Gasteiger partial charge < -0.3 is 15.3 Å². The Balaban J connectivity index is 1.84. The summed E-state index contributed by atoms with van der Waals surface area (Å²) in [4.78, 5) is 17.9. The molecule has 0 radical (unpaired) electrons. The maximum atomic E-state index is 13.9. The third-order valence-electron chi connectivity index (χ3n) is 4.76. The van der Waals surface area contributed by atoms with E-state index >= 15 is 0 Å². The van der Waals surface area contributed by atoms with Gasteiger partial charge in [-0.15, -0.1) is 0 Å². The van der Waals surface area contributed by atoms with Gasteiger partial charge in [-0.2, -0.15) is 0 Å². The molecule has 1 aliphatic heterocycles. The summed E-state index contributed by atoms with van der Waals surface area (Å²) in [6, 6.07) is 9.06. The highest BCUT2D eigenvalue weighted by atomic mass is 19.1. The summed E-state index contributed by atoms with van der Waals surface area (Å²) in [5.41, 5.74) is 3.45. The standard InChI is InChI=1S/C20H24FN3O2/c1-13-3-4-15(9-19(13)21)20-11-18(10-17(12-25)23-20)24-7-5-16(6-8-24)22-14(2)26/h3-4,9-11,16,25H,5-8,12H2,1-2H3,(H,22,26). The molecule has 138 valence electrons. The van der Waals surface area contributed by atoms with E-state index in [0.29, 0.717) is 22.5 Å². The van der Waals surface area contributed by atoms with Crippen molar-refractivity contribution in [3.8, 4) is 11.3 Å². The first-order chi connectivity index (χ1) is 12.5. The molecule has 5 nitrogen and oxygen atoms in total. The molecule has 0 aliphatic carbocycles. The summed E-state index contributed by atoms with van der Waals surface area (Å²) in [6.45, 7) is 4.71. The van der Waals surface area contributed by atoms with E-state index in [-0.39, 0.29) is 24.4 Å². The van der Waals surface area contributed by atoms with Crippen molar-refractivity contribution in [3.05, 3.63) is 47.4 Å². The summed E-state index contributed by atoms with van der Waals surface area (Å²) in [7, 11) is 0. The summed E-state index contributed by atoms with van der Waals surface area (Å²) in [6.07, 6.45) is 1.73. The van der Waals surface area contributed by atoms with Crippen LogP contribution in [0.15, 0.2) is 30.3 Å². The van der Waals surface area contributed by atoms with Gasteiger partial charge in [0.15, 0.2) is 0 Å². The first-order valence-corrected chi connectivity index (χ1v) is 8.86. The van der Waals surface area contributed by atoms with Crippen molar-refractivity contribution in [2.45, 2.75) is 39.3 Å². The minimum absolute atomic E-state index is 0.00129. The third-order valence-corrected chi connectivity index (χ3v) is 4.76. The average molecular weight is 357 g/mol. The highest BCUT2D eigenvalue weighted by Gasteiger charge is 2.21. The summed E-state index contributed by atoms with van der Waals surface area (Å²) in [5.74, 6) is -0.269. The van der Waals surface area contributed by atoms with Crippen molar-refractivity contribution in [2.75, 3.05) is 18.0 Å². The number of carbonyl (C=O) groups is 1. The number of pyridine rings is 1. The fraction of sp³-hybridized carbons (Fsp3) is 0.400. The number of rotatable bonds is 4. The van der Waals surface area contributed by atoms with E-state index in [1.165, 1.54) is 13.0 Å². The van der Waals surface area contributed by atoms with Crippen LogP contribution in [0.5, 0.6) is 0 Å². The quantitative estimate of drug-likeness (QED) is 0.883. The summed E-state index contributed by atoms with van der Waals surface area (Å²) in [5, 5.41) is 12.5. The molecule has 1 aliphatic rings. The smallest absolute Gasteiger partial charge is 0.217 e. The molecule has 0 unspecified atom stereocenters. The Labute approximate surface area is 152 Å². The predicted octanol–water partition coefficient (Wildman–Crippen LogP) is 2.79. The Bertz CT molecular complexity index is 802. The SMILES string of the molecule is CC(=O)NC1CCN(c2cc(CO)nc(-c3ccc(C)c(F)c3)c2)CC1. The highest BCUT2D eigenvalue weighted by Crippen LogP contribution is 2.27.